The van der Waals surface area contributed by atoms with E-state index in [-0.39, 0.29) is 30.9 Å². The summed E-state index contributed by atoms with van der Waals surface area (Å²) in [7, 11) is 0. The van der Waals surface area contributed by atoms with Crippen molar-refractivity contribution in [2.75, 3.05) is 32.8 Å². The molecule has 7 nitrogen and oxygen atoms in total. The molecule has 4 N–H and O–H groups in total. The van der Waals surface area contributed by atoms with Gasteiger partial charge in [-0.1, -0.05) is 18.9 Å². The van der Waals surface area contributed by atoms with Gasteiger partial charge >= 0.3 is 0 Å². The van der Waals surface area contributed by atoms with Crippen LogP contribution in [0.2, 0.25) is 0 Å². The van der Waals surface area contributed by atoms with E-state index in [0.29, 0.717) is 5.92 Å². The number of fused-ring (bicyclic) bond motifs is 3. The minimum atomic E-state index is -1.39. The molecule has 3 aliphatic heterocycles. The molecule has 1 aliphatic carbocycles. The van der Waals surface area contributed by atoms with Crippen LogP contribution in [0.3, 0.4) is 0 Å². The Morgan fingerprint density at radius 3 is 2.48 bits per heavy atom. The van der Waals surface area contributed by atoms with Crippen molar-refractivity contribution in [3.05, 3.63) is 22.4 Å². The molecule has 8 heteroatoms. The Morgan fingerprint density at radius 2 is 1.93 bits per heavy atom. The number of carbonyl (C=O) groups excluding carboxylic acids is 1. The van der Waals surface area contributed by atoms with E-state index in [0.717, 1.165) is 74.1 Å². The van der Waals surface area contributed by atoms with E-state index in [1.807, 2.05) is 17.5 Å². The smallest absolute Gasteiger partial charge is 0.290 e. The monoisotopic (exact) mass is 425 g/mol. The van der Waals surface area contributed by atoms with Crippen LogP contribution in [0.15, 0.2) is 17.5 Å². The first-order chi connectivity index (χ1) is 14.0. The highest BCUT2D eigenvalue weighted by Crippen LogP contribution is 2.43. The number of hydrogen-bond acceptors (Lipinski definition) is 5. The zero-order valence-electron chi connectivity index (χ0n) is 16.8. The fourth-order valence-electron chi connectivity index (χ4n) is 5.59. The standard InChI is InChI=1S/C20H30N2O3S.CH2O2/c23-12-11-22-9-7-15(8-10-22)17(14-22)21-19(24)20(25,16-4-1-2-5-16)18-6-3-13-26-18;2-1-3/h3,6,13,15-17,23,25H,1-2,4-5,7-12,14H2;1H,(H,2,3)/p+1/t15?,17-,20?,22?;/m0./s1. The van der Waals surface area contributed by atoms with Gasteiger partial charge in [-0.15, -0.1) is 11.3 Å². The summed E-state index contributed by atoms with van der Waals surface area (Å²) in [6.45, 7) is 3.83. The molecular formula is C21H33N2O5S+. The normalized spacial score (nSPS) is 30.8. The Kier molecular flexibility index (Phi) is 7.32. The number of quaternary nitrogens is 1. The molecule has 1 saturated carbocycles. The average Bonchev–Trinajstić information content (AvgIpc) is 3.43. The van der Waals surface area contributed by atoms with Crippen LogP contribution in [0.5, 0.6) is 0 Å². The Bertz CT molecular complexity index is 663. The minimum absolute atomic E-state index is 0.0165. The number of nitrogens with one attached hydrogen (secondary N) is 1. The van der Waals surface area contributed by atoms with E-state index in [4.69, 9.17) is 9.90 Å². The molecule has 1 aromatic heterocycles. The third-order valence-corrected chi connectivity index (χ3v) is 8.18. The van der Waals surface area contributed by atoms with Gasteiger partial charge in [0.25, 0.3) is 12.4 Å². The van der Waals surface area contributed by atoms with Crippen LogP contribution >= 0.6 is 11.3 Å². The third kappa shape index (κ3) is 4.50. The van der Waals surface area contributed by atoms with Gasteiger partial charge in [-0.25, -0.2) is 0 Å². The van der Waals surface area contributed by atoms with Crippen LogP contribution in [0.25, 0.3) is 0 Å². The van der Waals surface area contributed by atoms with Crippen LogP contribution < -0.4 is 5.32 Å². The maximum atomic E-state index is 13.3. The summed E-state index contributed by atoms with van der Waals surface area (Å²) in [5, 5.41) is 33.1. The zero-order chi connectivity index (χ0) is 20.9. The predicted octanol–water partition coefficient (Wildman–Crippen LogP) is 1.54. The summed E-state index contributed by atoms with van der Waals surface area (Å²) in [6, 6.07) is 3.94. The summed E-state index contributed by atoms with van der Waals surface area (Å²) < 4.78 is 0.915. The van der Waals surface area contributed by atoms with E-state index >= 15 is 0 Å². The lowest BCUT2D eigenvalue weighted by Crippen LogP contribution is -2.69. The molecule has 3 saturated heterocycles. The van der Waals surface area contributed by atoms with Crippen molar-refractivity contribution < 1.29 is 29.4 Å². The second kappa shape index (κ2) is 9.55. The van der Waals surface area contributed by atoms with Crippen molar-refractivity contribution in [3.63, 3.8) is 0 Å². The number of carbonyl (C=O) groups is 2. The Labute approximate surface area is 175 Å². The van der Waals surface area contributed by atoms with E-state index in [1.54, 1.807) is 0 Å². The number of amides is 1. The fraction of sp³-hybridized carbons (Fsp3) is 0.714. The number of aliphatic hydroxyl groups excluding tert-OH is 1. The SMILES string of the molecule is O=C(N[C@H]1C[N+]2(CCO)CCC1CC2)C(O)(c1cccs1)C1CCCC1.O=CO. The quantitative estimate of drug-likeness (QED) is 0.409. The second-order valence-corrected chi connectivity index (χ2v) is 9.61. The molecular weight excluding hydrogens is 392 g/mol. The molecule has 2 atom stereocenters. The van der Waals surface area contributed by atoms with Crippen LogP contribution in [0.1, 0.15) is 43.4 Å². The maximum Gasteiger partial charge on any atom is 0.290 e. The lowest BCUT2D eigenvalue weighted by molar-refractivity contribution is -0.944. The van der Waals surface area contributed by atoms with Gasteiger partial charge in [-0.05, 0) is 30.2 Å². The number of thiophene rings is 1. The third-order valence-electron chi connectivity index (χ3n) is 7.18. The molecule has 29 heavy (non-hydrogen) atoms. The van der Waals surface area contributed by atoms with E-state index in [2.05, 4.69) is 5.32 Å². The van der Waals surface area contributed by atoms with Crippen molar-refractivity contribution in [3.8, 4) is 0 Å². The van der Waals surface area contributed by atoms with E-state index < -0.39 is 5.60 Å². The number of aliphatic hydroxyl groups is 2. The van der Waals surface area contributed by atoms with Gasteiger partial charge < -0.3 is 25.1 Å². The van der Waals surface area contributed by atoms with Crippen LogP contribution in [-0.2, 0) is 15.2 Å². The number of piperidine rings is 3. The van der Waals surface area contributed by atoms with Gasteiger partial charge in [0.1, 0.15) is 6.54 Å². The molecule has 1 unspecified atom stereocenters. The molecule has 2 bridgehead atoms. The molecule has 4 heterocycles. The largest absolute Gasteiger partial charge is 0.483 e. The summed E-state index contributed by atoms with van der Waals surface area (Å²) in [5.41, 5.74) is -1.39. The molecule has 0 radical (unpaired) electrons. The lowest BCUT2D eigenvalue weighted by atomic mass is 9.79. The molecule has 0 spiro atoms. The van der Waals surface area contributed by atoms with Crippen molar-refractivity contribution in [1.82, 2.24) is 5.32 Å². The first-order valence-electron chi connectivity index (χ1n) is 10.6. The minimum Gasteiger partial charge on any atom is -0.483 e. The Balaban J connectivity index is 0.000000755. The maximum absolute atomic E-state index is 13.3. The predicted molar refractivity (Wildman–Crippen MR) is 110 cm³/mol. The highest BCUT2D eigenvalue weighted by Gasteiger charge is 2.51. The fourth-order valence-corrected chi connectivity index (χ4v) is 6.49. The topological polar surface area (TPSA) is 107 Å². The average molecular weight is 426 g/mol. The zero-order valence-corrected chi connectivity index (χ0v) is 17.6. The van der Waals surface area contributed by atoms with Gasteiger partial charge in [0.2, 0.25) is 0 Å². The highest BCUT2D eigenvalue weighted by atomic mass is 32.1. The lowest BCUT2D eigenvalue weighted by Gasteiger charge is -2.53. The van der Waals surface area contributed by atoms with Gasteiger partial charge in [0, 0.05) is 23.6 Å². The van der Waals surface area contributed by atoms with Crippen molar-refractivity contribution in [2.45, 2.75) is 50.2 Å². The molecule has 5 rings (SSSR count). The summed E-state index contributed by atoms with van der Waals surface area (Å²) in [4.78, 5) is 22.5. The first-order valence-corrected chi connectivity index (χ1v) is 11.5. The molecule has 0 aromatic carbocycles. The molecule has 4 aliphatic rings. The molecule has 1 aromatic rings. The van der Waals surface area contributed by atoms with Crippen molar-refractivity contribution >= 4 is 23.7 Å². The van der Waals surface area contributed by atoms with Gasteiger partial charge in [0.05, 0.1) is 32.3 Å². The number of hydrogen-bond donors (Lipinski definition) is 4. The molecule has 162 valence electrons. The van der Waals surface area contributed by atoms with E-state index in [9.17, 15) is 15.0 Å². The van der Waals surface area contributed by atoms with Gasteiger partial charge in [-0.3, -0.25) is 9.59 Å². The molecule has 4 fully saturated rings. The van der Waals surface area contributed by atoms with Crippen LogP contribution in [0, 0.1) is 11.8 Å². The highest BCUT2D eigenvalue weighted by molar-refractivity contribution is 7.10. The van der Waals surface area contributed by atoms with Crippen LogP contribution in [0.4, 0.5) is 0 Å². The van der Waals surface area contributed by atoms with Crippen molar-refractivity contribution in [2.24, 2.45) is 11.8 Å². The number of nitrogens with zero attached hydrogens (tertiary/aromatic N) is 1. The summed E-state index contributed by atoms with van der Waals surface area (Å²) in [5.74, 6) is 0.323. The van der Waals surface area contributed by atoms with E-state index in [1.165, 1.54) is 11.3 Å². The molecule has 1 amide bonds. The summed E-state index contributed by atoms with van der Waals surface area (Å²) >= 11 is 1.48. The number of carboxylic acid groups (broad SMARTS) is 1. The second-order valence-electron chi connectivity index (χ2n) is 8.67. The Hall–Kier alpha value is -1.48. The summed E-state index contributed by atoms with van der Waals surface area (Å²) in [6.07, 6.45) is 6.22. The van der Waals surface area contributed by atoms with Gasteiger partial charge in [-0.2, -0.15) is 0 Å². The van der Waals surface area contributed by atoms with Crippen LogP contribution in [-0.4, -0.2) is 71.0 Å². The van der Waals surface area contributed by atoms with Crippen molar-refractivity contribution in [1.29, 1.82) is 0 Å². The first kappa shape index (κ1) is 22.2. The van der Waals surface area contributed by atoms with Gasteiger partial charge in [0.15, 0.2) is 5.60 Å². The Morgan fingerprint density at radius 1 is 1.28 bits per heavy atom. The number of rotatable bonds is 6.